The Morgan fingerprint density at radius 2 is 1.81 bits per heavy atom. The lowest BCUT2D eigenvalue weighted by molar-refractivity contribution is -0.175. The van der Waals surface area contributed by atoms with Gasteiger partial charge in [-0.15, -0.1) is 21.5 Å². The maximum absolute atomic E-state index is 10.8. The van der Waals surface area contributed by atoms with Crippen molar-refractivity contribution in [3.8, 4) is 5.00 Å². The second kappa shape index (κ2) is 8.06. The van der Waals surface area contributed by atoms with Crippen LogP contribution in [0.3, 0.4) is 0 Å². The average Bonchev–Trinajstić information content (AvgIpc) is 3.16. The Bertz CT molecular complexity index is 1190. The molecular weight excluding hydrogens is 444 g/mol. The Kier molecular flexibility index (Phi) is 5.82. The highest BCUT2D eigenvalue weighted by Crippen LogP contribution is 2.42. The number of hydrogen-bond donors (Lipinski definition) is 1. The fraction of sp³-hybridized carbons (Fsp3) is 0.458. The molecule has 0 aliphatic carbocycles. The Labute approximate surface area is 197 Å². The molecule has 3 heterocycles. The molecule has 1 aromatic carbocycles. The van der Waals surface area contributed by atoms with Crippen LogP contribution in [0.2, 0.25) is 5.02 Å². The number of hydrogen-bond acceptors (Lipinski definition) is 6. The lowest BCUT2D eigenvalue weighted by atomic mass is 9.95. The molecule has 1 aliphatic rings. The normalized spacial score (nSPS) is 19.2. The van der Waals surface area contributed by atoms with E-state index in [2.05, 4.69) is 28.6 Å². The zero-order chi connectivity index (χ0) is 23.4. The van der Waals surface area contributed by atoms with E-state index in [1.807, 2.05) is 58.9 Å². The molecule has 1 N–H and O–H groups in total. The van der Waals surface area contributed by atoms with Gasteiger partial charge >= 0.3 is 0 Å². The zero-order valence-corrected chi connectivity index (χ0v) is 21.1. The summed E-state index contributed by atoms with van der Waals surface area (Å²) in [7, 11) is 0. The second-order valence-electron chi connectivity index (χ2n) is 9.50. The number of thiophene rings is 1. The Morgan fingerprint density at radius 1 is 1.16 bits per heavy atom. The van der Waals surface area contributed by atoms with Gasteiger partial charge in [0.25, 0.3) is 0 Å². The van der Waals surface area contributed by atoms with Gasteiger partial charge in [-0.05, 0) is 66.2 Å². The largest absolute Gasteiger partial charge is 0.368 e. The highest BCUT2D eigenvalue weighted by atomic mass is 35.5. The molecule has 6 nitrogen and oxygen atoms in total. The van der Waals surface area contributed by atoms with Crippen LogP contribution < -0.4 is 0 Å². The summed E-state index contributed by atoms with van der Waals surface area (Å²) < 4.78 is 7.92. The standard InChI is InChI=1S/C24H29ClN4O2S/c1-13-14(2)32-21-19(13)20(16-8-10-17(25)11-9-16)26-24(7,12-18(30)31-23(4,5)6)22-28-27-15(3)29(21)22/h8-11,18,30H,12H2,1-7H3. The fourth-order valence-corrected chi connectivity index (χ4v) is 5.43. The summed E-state index contributed by atoms with van der Waals surface area (Å²) in [5.41, 5.74) is 2.71. The predicted molar refractivity (Wildman–Crippen MR) is 129 cm³/mol. The Hall–Kier alpha value is -2.06. The van der Waals surface area contributed by atoms with Crippen LogP contribution in [0.4, 0.5) is 0 Å². The van der Waals surface area contributed by atoms with Gasteiger partial charge in [0.15, 0.2) is 12.1 Å². The van der Waals surface area contributed by atoms with Crippen molar-refractivity contribution >= 4 is 28.6 Å². The van der Waals surface area contributed by atoms with Gasteiger partial charge < -0.3 is 9.84 Å². The summed E-state index contributed by atoms with van der Waals surface area (Å²) in [6.07, 6.45) is -0.772. The monoisotopic (exact) mass is 472 g/mol. The van der Waals surface area contributed by atoms with Crippen molar-refractivity contribution in [3.63, 3.8) is 0 Å². The molecule has 0 bridgehead atoms. The van der Waals surface area contributed by atoms with E-state index >= 15 is 0 Å². The van der Waals surface area contributed by atoms with Crippen LogP contribution >= 0.6 is 22.9 Å². The molecule has 2 aromatic heterocycles. The van der Waals surface area contributed by atoms with Crippen LogP contribution in [0.25, 0.3) is 5.00 Å². The molecule has 0 saturated heterocycles. The van der Waals surface area contributed by atoms with Crippen molar-refractivity contribution in [3.05, 3.63) is 62.5 Å². The molecule has 0 amide bonds. The fourth-order valence-electron chi connectivity index (χ4n) is 4.10. The Balaban J connectivity index is 1.97. The number of aromatic nitrogens is 3. The van der Waals surface area contributed by atoms with Gasteiger partial charge in [0, 0.05) is 27.4 Å². The maximum Gasteiger partial charge on any atom is 0.166 e. The topological polar surface area (TPSA) is 72.5 Å². The number of nitrogens with zero attached hydrogens (tertiary/aromatic N) is 4. The van der Waals surface area contributed by atoms with Crippen LogP contribution in [-0.2, 0) is 10.3 Å². The lowest BCUT2D eigenvalue weighted by Crippen LogP contribution is -2.35. The van der Waals surface area contributed by atoms with Gasteiger partial charge in [-0.2, -0.15) is 0 Å². The number of benzene rings is 1. The van der Waals surface area contributed by atoms with E-state index in [1.165, 1.54) is 10.4 Å². The first-order valence-corrected chi connectivity index (χ1v) is 11.8. The zero-order valence-electron chi connectivity index (χ0n) is 19.5. The van der Waals surface area contributed by atoms with Crippen molar-refractivity contribution < 1.29 is 9.84 Å². The van der Waals surface area contributed by atoms with E-state index < -0.39 is 17.4 Å². The van der Waals surface area contributed by atoms with E-state index in [-0.39, 0.29) is 6.42 Å². The second-order valence-corrected chi connectivity index (χ2v) is 11.1. The molecule has 2 unspecified atom stereocenters. The summed E-state index contributed by atoms with van der Waals surface area (Å²) in [5.74, 6) is 1.48. The first-order chi connectivity index (χ1) is 14.9. The van der Waals surface area contributed by atoms with Crippen molar-refractivity contribution in [2.45, 2.75) is 72.3 Å². The minimum atomic E-state index is -1.01. The Morgan fingerprint density at radius 3 is 2.44 bits per heavy atom. The predicted octanol–water partition coefficient (Wildman–Crippen LogP) is 5.50. The van der Waals surface area contributed by atoms with Crippen LogP contribution in [0.15, 0.2) is 29.3 Å². The van der Waals surface area contributed by atoms with Gasteiger partial charge in [-0.1, -0.05) is 23.7 Å². The molecule has 8 heteroatoms. The number of ether oxygens (including phenoxy) is 1. The first-order valence-electron chi connectivity index (χ1n) is 10.6. The number of fused-ring (bicyclic) bond motifs is 3. The number of aliphatic imine (C=N–C) groups is 1. The van der Waals surface area contributed by atoms with E-state index in [0.29, 0.717) is 10.8 Å². The van der Waals surface area contributed by atoms with E-state index in [4.69, 9.17) is 21.3 Å². The lowest BCUT2D eigenvalue weighted by Gasteiger charge is -2.30. The third-order valence-corrected chi connectivity index (χ3v) is 7.10. The molecule has 32 heavy (non-hydrogen) atoms. The van der Waals surface area contributed by atoms with E-state index in [1.54, 1.807) is 11.3 Å². The number of aliphatic hydroxyl groups excluding tert-OH is 1. The van der Waals surface area contributed by atoms with E-state index in [0.717, 1.165) is 27.7 Å². The molecular formula is C24H29ClN4O2S. The van der Waals surface area contributed by atoms with Crippen LogP contribution in [0, 0.1) is 20.8 Å². The minimum absolute atomic E-state index is 0.243. The molecule has 3 aromatic rings. The van der Waals surface area contributed by atoms with Gasteiger partial charge in [-0.25, -0.2) is 0 Å². The number of rotatable bonds is 4. The number of aliphatic hydroxyl groups is 1. The third kappa shape index (κ3) is 4.15. The summed E-state index contributed by atoms with van der Waals surface area (Å²) in [6.45, 7) is 13.9. The maximum atomic E-state index is 10.8. The minimum Gasteiger partial charge on any atom is -0.368 e. The smallest absolute Gasteiger partial charge is 0.166 e. The van der Waals surface area contributed by atoms with Gasteiger partial charge in [0.1, 0.15) is 16.4 Å². The quantitative estimate of drug-likeness (QED) is 0.509. The number of aryl methyl sites for hydroxylation is 2. The highest BCUT2D eigenvalue weighted by Gasteiger charge is 2.41. The third-order valence-electron chi connectivity index (χ3n) is 5.65. The summed E-state index contributed by atoms with van der Waals surface area (Å²) >= 11 is 7.88. The molecule has 170 valence electrons. The molecule has 4 rings (SSSR count). The van der Waals surface area contributed by atoms with Crippen LogP contribution in [0.1, 0.15) is 67.3 Å². The molecule has 0 fully saturated rings. The van der Waals surface area contributed by atoms with Crippen LogP contribution in [-0.4, -0.2) is 37.5 Å². The molecule has 1 aliphatic heterocycles. The average molecular weight is 473 g/mol. The van der Waals surface area contributed by atoms with Gasteiger partial charge in [0.2, 0.25) is 0 Å². The molecule has 0 spiro atoms. The van der Waals surface area contributed by atoms with Gasteiger partial charge in [-0.3, -0.25) is 9.56 Å². The van der Waals surface area contributed by atoms with Crippen molar-refractivity contribution in [2.75, 3.05) is 0 Å². The molecule has 0 saturated carbocycles. The first kappa shape index (κ1) is 23.1. The van der Waals surface area contributed by atoms with Crippen molar-refractivity contribution in [2.24, 2.45) is 4.99 Å². The van der Waals surface area contributed by atoms with Gasteiger partial charge in [0.05, 0.1) is 11.3 Å². The summed E-state index contributed by atoms with van der Waals surface area (Å²) in [6, 6.07) is 7.72. The number of halogens is 1. The molecule has 0 radical (unpaired) electrons. The molecule has 2 atom stereocenters. The summed E-state index contributed by atoms with van der Waals surface area (Å²) in [4.78, 5) is 6.48. The summed E-state index contributed by atoms with van der Waals surface area (Å²) in [5, 5.41) is 21.4. The SMILES string of the molecule is Cc1sc2c(c1C)C(c1ccc(Cl)cc1)=NC(C)(CC(O)OC(C)(C)C)c1nnc(C)n1-2. The van der Waals surface area contributed by atoms with Crippen LogP contribution in [0.5, 0.6) is 0 Å². The van der Waals surface area contributed by atoms with E-state index in [9.17, 15) is 5.11 Å². The van der Waals surface area contributed by atoms with Crippen molar-refractivity contribution in [1.29, 1.82) is 0 Å². The van der Waals surface area contributed by atoms with Crippen molar-refractivity contribution in [1.82, 2.24) is 14.8 Å². The highest BCUT2D eigenvalue weighted by molar-refractivity contribution is 7.15.